The van der Waals surface area contributed by atoms with Crippen LogP contribution < -0.4 is 0 Å². The van der Waals surface area contributed by atoms with Crippen LogP contribution in [0.5, 0.6) is 0 Å². The zero-order valence-corrected chi connectivity index (χ0v) is 30.9. The van der Waals surface area contributed by atoms with Crippen molar-refractivity contribution in [2.24, 2.45) is 0 Å². The second-order valence-electron chi connectivity index (χ2n) is 13.9. The van der Waals surface area contributed by atoms with Gasteiger partial charge in [-0.25, -0.2) is 15.0 Å². The van der Waals surface area contributed by atoms with Gasteiger partial charge in [0.25, 0.3) is 0 Å². The first-order chi connectivity index (χ1) is 27.7. The molecule has 0 amide bonds. The molecule has 0 saturated heterocycles. The third kappa shape index (κ3) is 5.48. The molecule has 0 spiro atoms. The third-order valence-electron chi connectivity index (χ3n) is 10.6. The van der Waals surface area contributed by atoms with Gasteiger partial charge in [-0.15, -0.1) is 11.3 Å². The van der Waals surface area contributed by atoms with E-state index in [4.69, 9.17) is 19.4 Å². The van der Waals surface area contributed by atoms with E-state index in [1.807, 2.05) is 30.3 Å². The summed E-state index contributed by atoms with van der Waals surface area (Å²) >= 11 is 1.78. The van der Waals surface area contributed by atoms with Crippen LogP contribution in [-0.4, -0.2) is 15.0 Å². The van der Waals surface area contributed by atoms with Gasteiger partial charge >= 0.3 is 0 Å². The second-order valence-corrected chi connectivity index (χ2v) is 15.0. The first kappa shape index (κ1) is 32.2. The Morgan fingerprint density at radius 1 is 0.339 bits per heavy atom. The summed E-state index contributed by atoms with van der Waals surface area (Å²) in [5, 5.41) is 4.60. The van der Waals surface area contributed by atoms with Crippen molar-refractivity contribution in [2.45, 2.75) is 0 Å². The Labute approximate surface area is 327 Å². The van der Waals surface area contributed by atoms with Crippen molar-refractivity contribution in [1.29, 1.82) is 0 Å². The molecule has 0 N–H and O–H groups in total. The SMILES string of the molecule is c1ccc(-c2ccc(-c3nc(-c4ccccc4)nc(-c4cccc5c4sc4cccc(-c6cc(-c7ccccc7)cc7oc8ccccc8c67)c45)n3)cc2)cc1. The van der Waals surface area contributed by atoms with E-state index >= 15 is 0 Å². The summed E-state index contributed by atoms with van der Waals surface area (Å²) in [6, 6.07) is 65.6. The van der Waals surface area contributed by atoms with Crippen LogP contribution in [0.2, 0.25) is 0 Å². The van der Waals surface area contributed by atoms with Crippen molar-refractivity contribution in [3.8, 4) is 67.5 Å². The topological polar surface area (TPSA) is 51.8 Å². The normalized spacial score (nSPS) is 11.6. The lowest BCUT2D eigenvalue weighted by molar-refractivity contribution is 0.669. The van der Waals surface area contributed by atoms with Gasteiger partial charge in [-0.05, 0) is 63.7 Å². The van der Waals surface area contributed by atoms with Crippen molar-refractivity contribution in [1.82, 2.24) is 15.0 Å². The number of hydrogen-bond acceptors (Lipinski definition) is 5. The molecule has 5 heteroatoms. The smallest absolute Gasteiger partial charge is 0.165 e. The minimum Gasteiger partial charge on any atom is -0.456 e. The average molecular weight is 734 g/mol. The molecule has 0 saturated carbocycles. The lowest BCUT2D eigenvalue weighted by atomic mass is 9.92. The highest BCUT2D eigenvalue weighted by Gasteiger charge is 2.21. The van der Waals surface area contributed by atoms with Crippen molar-refractivity contribution < 1.29 is 4.42 Å². The summed E-state index contributed by atoms with van der Waals surface area (Å²) < 4.78 is 8.88. The van der Waals surface area contributed by atoms with E-state index in [1.54, 1.807) is 11.3 Å². The van der Waals surface area contributed by atoms with Crippen LogP contribution in [0.1, 0.15) is 0 Å². The average Bonchev–Trinajstić information content (AvgIpc) is 3.86. The number of para-hydroxylation sites is 1. The Kier molecular flexibility index (Phi) is 7.64. The molecule has 0 fully saturated rings. The van der Waals surface area contributed by atoms with Gasteiger partial charge in [0.2, 0.25) is 0 Å². The van der Waals surface area contributed by atoms with Gasteiger partial charge in [0.15, 0.2) is 17.5 Å². The highest BCUT2D eigenvalue weighted by atomic mass is 32.1. The quantitative estimate of drug-likeness (QED) is 0.171. The fourth-order valence-corrected chi connectivity index (χ4v) is 9.13. The first-order valence-corrected chi connectivity index (χ1v) is 19.5. The Balaban J connectivity index is 1.12. The number of thiophene rings is 1. The van der Waals surface area contributed by atoms with E-state index in [0.29, 0.717) is 17.5 Å². The third-order valence-corrected chi connectivity index (χ3v) is 11.8. The summed E-state index contributed by atoms with van der Waals surface area (Å²) in [6.07, 6.45) is 0. The Hall–Kier alpha value is -7.21. The van der Waals surface area contributed by atoms with Crippen LogP contribution in [0.15, 0.2) is 192 Å². The van der Waals surface area contributed by atoms with Crippen molar-refractivity contribution in [3.63, 3.8) is 0 Å². The maximum atomic E-state index is 6.54. The highest BCUT2D eigenvalue weighted by Crippen LogP contribution is 2.47. The van der Waals surface area contributed by atoms with Crippen molar-refractivity contribution in [3.05, 3.63) is 188 Å². The molecule has 262 valence electrons. The molecule has 4 nitrogen and oxygen atoms in total. The zero-order valence-electron chi connectivity index (χ0n) is 30.1. The molecule has 8 aromatic carbocycles. The lowest BCUT2D eigenvalue weighted by Crippen LogP contribution is -2.00. The van der Waals surface area contributed by atoms with Gasteiger partial charge in [-0.3, -0.25) is 0 Å². The maximum absolute atomic E-state index is 6.54. The predicted molar refractivity (Wildman–Crippen MR) is 233 cm³/mol. The Morgan fingerprint density at radius 2 is 0.875 bits per heavy atom. The summed E-state index contributed by atoms with van der Waals surface area (Å²) in [6.45, 7) is 0. The van der Waals surface area contributed by atoms with E-state index in [1.165, 1.54) is 26.6 Å². The molecule has 0 bridgehead atoms. The fraction of sp³-hybridized carbons (Fsp3) is 0. The van der Waals surface area contributed by atoms with Gasteiger partial charge in [0, 0.05) is 47.6 Å². The van der Waals surface area contributed by atoms with Crippen LogP contribution in [0.25, 0.3) is 110 Å². The standard InChI is InChI=1S/C51H31N3OS/c1-4-14-32(15-5-1)34-26-28-36(29-27-34)50-52-49(35-18-8-3-9-19-35)53-51(54-50)41-23-12-22-40-47-38(21-13-25-45(47)56-48(40)41)42-30-37(33-16-6-2-7-17-33)31-44-46(42)39-20-10-11-24-43(39)55-44/h1-31H. The van der Waals surface area contributed by atoms with Gasteiger partial charge in [0.1, 0.15) is 11.2 Å². The van der Waals surface area contributed by atoms with Gasteiger partial charge in [0.05, 0.1) is 0 Å². The van der Waals surface area contributed by atoms with E-state index in [0.717, 1.165) is 65.6 Å². The molecule has 11 rings (SSSR count). The molecule has 0 aliphatic heterocycles. The van der Waals surface area contributed by atoms with Crippen LogP contribution >= 0.6 is 11.3 Å². The number of furan rings is 1. The minimum atomic E-state index is 0.638. The number of aromatic nitrogens is 3. The van der Waals surface area contributed by atoms with Crippen LogP contribution in [-0.2, 0) is 0 Å². The zero-order chi connectivity index (χ0) is 37.0. The van der Waals surface area contributed by atoms with Gasteiger partial charge in [-0.2, -0.15) is 0 Å². The molecule has 0 aliphatic rings. The lowest BCUT2D eigenvalue weighted by Gasteiger charge is -2.11. The molecular weight excluding hydrogens is 703 g/mol. The number of rotatable bonds is 6. The summed E-state index contributed by atoms with van der Waals surface area (Å²) in [5.74, 6) is 1.93. The Morgan fingerprint density at radius 3 is 1.61 bits per heavy atom. The van der Waals surface area contributed by atoms with Crippen molar-refractivity contribution >= 4 is 53.4 Å². The summed E-state index contributed by atoms with van der Waals surface area (Å²) in [7, 11) is 0. The second kappa shape index (κ2) is 13.3. The van der Waals surface area contributed by atoms with Gasteiger partial charge in [-0.1, -0.05) is 158 Å². The van der Waals surface area contributed by atoms with E-state index in [-0.39, 0.29) is 0 Å². The molecule has 0 unspecified atom stereocenters. The first-order valence-electron chi connectivity index (χ1n) is 18.7. The van der Waals surface area contributed by atoms with Crippen molar-refractivity contribution in [2.75, 3.05) is 0 Å². The molecule has 3 aromatic heterocycles. The summed E-state index contributed by atoms with van der Waals surface area (Å²) in [5.41, 5.74) is 11.5. The summed E-state index contributed by atoms with van der Waals surface area (Å²) in [4.78, 5) is 15.4. The van der Waals surface area contributed by atoms with Crippen LogP contribution in [0.3, 0.4) is 0 Å². The van der Waals surface area contributed by atoms with E-state index in [2.05, 4.69) is 158 Å². The van der Waals surface area contributed by atoms with Crippen LogP contribution in [0.4, 0.5) is 0 Å². The maximum Gasteiger partial charge on any atom is 0.165 e. The van der Waals surface area contributed by atoms with E-state index in [9.17, 15) is 0 Å². The molecule has 3 heterocycles. The molecular formula is C51H31N3OS. The fourth-order valence-electron chi connectivity index (χ4n) is 7.90. The number of fused-ring (bicyclic) bond motifs is 6. The molecule has 0 aliphatic carbocycles. The number of nitrogens with zero attached hydrogens (tertiary/aromatic N) is 3. The number of hydrogen-bond donors (Lipinski definition) is 0. The molecule has 11 aromatic rings. The van der Waals surface area contributed by atoms with Crippen LogP contribution in [0, 0.1) is 0 Å². The molecule has 56 heavy (non-hydrogen) atoms. The Bertz CT molecular complexity index is 3230. The largest absolute Gasteiger partial charge is 0.456 e. The number of benzene rings is 8. The highest BCUT2D eigenvalue weighted by molar-refractivity contribution is 7.26. The minimum absolute atomic E-state index is 0.638. The molecule has 0 atom stereocenters. The molecule has 0 radical (unpaired) electrons. The predicted octanol–water partition coefficient (Wildman–Crippen LogP) is 14.1. The van der Waals surface area contributed by atoms with E-state index < -0.39 is 0 Å². The van der Waals surface area contributed by atoms with Gasteiger partial charge < -0.3 is 4.42 Å². The monoisotopic (exact) mass is 733 g/mol.